The lowest BCUT2D eigenvalue weighted by molar-refractivity contribution is -0.131. The van der Waals surface area contributed by atoms with Crippen LogP contribution < -0.4 is 0 Å². The molecule has 1 aliphatic rings. The van der Waals surface area contributed by atoms with Crippen LogP contribution in [0, 0.1) is 0 Å². The number of carbonyl (C=O) groups is 1. The van der Waals surface area contributed by atoms with E-state index in [2.05, 4.69) is 0 Å². The smallest absolute Gasteiger partial charge is 0.228 e. The van der Waals surface area contributed by atoms with Crippen molar-refractivity contribution in [3.63, 3.8) is 0 Å². The topological polar surface area (TPSA) is 20.3 Å². The van der Waals surface area contributed by atoms with Crippen molar-refractivity contribution in [2.24, 2.45) is 0 Å². The molecule has 0 radical (unpaired) electrons. The predicted octanol–water partition coefficient (Wildman–Crippen LogP) is 2.25. The van der Waals surface area contributed by atoms with Crippen LogP contribution >= 0.6 is 11.3 Å². The fraction of sp³-hybridized carbons (Fsp3) is 0.545. The molecule has 0 bridgehead atoms. The van der Waals surface area contributed by atoms with Gasteiger partial charge in [-0.25, -0.2) is 4.39 Å². The predicted molar refractivity (Wildman–Crippen MR) is 58.7 cm³/mol. The molecule has 0 saturated carbocycles. The Morgan fingerprint density at radius 3 is 3.20 bits per heavy atom. The molecule has 1 aromatic rings. The van der Waals surface area contributed by atoms with Crippen molar-refractivity contribution in [1.82, 2.24) is 4.90 Å². The van der Waals surface area contributed by atoms with E-state index in [0.717, 1.165) is 24.3 Å². The first-order chi connectivity index (χ1) is 7.31. The molecule has 0 unspecified atom stereocenters. The monoisotopic (exact) mass is 227 g/mol. The number of rotatable bonds is 3. The van der Waals surface area contributed by atoms with Gasteiger partial charge >= 0.3 is 0 Å². The van der Waals surface area contributed by atoms with Crippen LogP contribution in [0.25, 0.3) is 0 Å². The Balaban J connectivity index is 1.96. The molecule has 0 aromatic carbocycles. The zero-order chi connectivity index (χ0) is 10.7. The molecule has 1 atom stereocenters. The van der Waals surface area contributed by atoms with E-state index < -0.39 is 6.67 Å². The molecule has 1 saturated heterocycles. The van der Waals surface area contributed by atoms with E-state index in [1.165, 1.54) is 0 Å². The van der Waals surface area contributed by atoms with Gasteiger partial charge in [0.05, 0.1) is 12.5 Å². The number of thiophene rings is 1. The van der Waals surface area contributed by atoms with E-state index in [1.807, 2.05) is 17.5 Å². The Morgan fingerprint density at radius 1 is 1.67 bits per heavy atom. The summed E-state index contributed by atoms with van der Waals surface area (Å²) in [5.74, 6) is 0.0672. The van der Waals surface area contributed by atoms with Gasteiger partial charge in [-0.05, 0) is 24.3 Å². The minimum absolute atomic E-state index is 0.0672. The average Bonchev–Trinajstić information content (AvgIpc) is 2.86. The number of nitrogens with zero attached hydrogens (tertiary/aromatic N) is 1. The summed E-state index contributed by atoms with van der Waals surface area (Å²) in [5, 5.41) is 1.96. The quantitative estimate of drug-likeness (QED) is 0.775. The van der Waals surface area contributed by atoms with Gasteiger partial charge in [0.15, 0.2) is 0 Å². The maximum atomic E-state index is 12.6. The first kappa shape index (κ1) is 10.6. The molecule has 2 nitrogen and oxygen atoms in total. The lowest BCUT2D eigenvalue weighted by Gasteiger charge is -2.21. The van der Waals surface area contributed by atoms with Crippen molar-refractivity contribution in [1.29, 1.82) is 0 Å². The van der Waals surface area contributed by atoms with Gasteiger partial charge < -0.3 is 4.90 Å². The summed E-state index contributed by atoms with van der Waals surface area (Å²) in [7, 11) is 0. The second-order valence-corrected chi connectivity index (χ2v) is 4.83. The molecule has 1 aliphatic heterocycles. The van der Waals surface area contributed by atoms with Crippen molar-refractivity contribution in [3.8, 4) is 0 Å². The minimum atomic E-state index is -0.407. The zero-order valence-corrected chi connectivity index (χ0v) is 9.30. The fourth-order valence-corrected chi connectivity index (χ4v) is 2.68. The third-order valence-electron chi connectivity index (χ3n) is 2.78. The summed E-state index contributed by atoms with van der Waals surface area (Å²) in [4.78, 5) is 14.6. The van der Waals surface area contributed by atoms with Crippen LogP contribution in [0.4, 0.5) is 4.39 Å². The highest BCUT2D eigenvalue weighted by atomic mass is 32.1. The van der Waals surface area contributed by atoms with Gasteiger partial charge in [-0.2, -0.15) is 0 Å². The van der Waals surface area contributed by atoms with Crippen LogP contribution in [-0.2, 0) is 11.2 Å². The molecule has 2 rings (SSSR count). The highest BCUT2D eigenvalue weighted by Crippen LogP contribution is 2.20. The number of amides is 1. The zero-order valence-electron chi connectivity index (χ0n) is 8.49. The molecule has 82 valence electrons. The first-order valence-corrected chi connectivity index (χ1v) is 6.07. The second-order valence-electron chi connectivity index (χ2n) is 3.79. The molecule has 15 heavy (non-hydrogen) atoms. The molecule has 2 heterocycles. The summed E-state index contributed by atoms with van der Waals surface area (Å²) >= 11 is 1.58. The largest absolute Gasteiger partial charge is 0.337 e. The SMILES string of the molecule is O=C(Cc1cccs1)N1CCC[C@@H]1CF. The lowest BCUT2D eigenvalue weighted by Crippen LogP contribution is -2.37. The molecule has 4 heteroatoms. The number of alkyl halides is 1. The van der Waals surface area contributed by atoms with Crippen LogP contribution in [0.2, 0.25) is 0 Å². The molecule has 1 fully saturated rings. The van der Waals surface area contributed by atoms with Crippen molar-refractivity contribution in [3.05, 3.63) is 22.4 Å². The Labute approximate surface area is 92.7 Å². The third-order valence-corrected chi connectivity index (χ3v) is 3.66. The Morgan fingerprint density at radius 2 is 2.53 bits per heavy atom. The second kappa shape index (κ2) is 4.75. The molecular formula is C11H14FNOS. The van der Waals surface area contributed by atoms with Gasteiger partial charge in [-0.15, -0.1) is 11.3 Å². The number of hydrogen-bond donors (Lipinski definition) is 0. The molecular weight excluding hydrogens is 213 g/mol. The fourth-order valence-electron chi connectivity index (χ4n) is 1.99. The highest BCUT2D eigenvalue weighted by Gasteiger charge is 2.28. The minimum Gasteiger partial charge on any atom is -0.337 e. The van der Waals surface area contributed by atoms with E-state index in [4.69, 9.17) is 0 Å². The number of likely N-dealkylation sites (tertiary alicyclic amines) is 1. The van der Waals surface area contributed by atoms with Gasteiger partial charge in [0, 0.05) is 11.4 Å². The highest BCUT2D eigenvalue weighted by molar-refractivity contribution is 7.10. The Hall–Kier alpha value is -0.900. The summed E-state index contributed by atoms with van der Waals surface area (Å²) in [5.41, 5.74) is 0. The normalized spacial score (nSPS) is 20.9. The number of hydrogen-bond acceptors (Lipinski definition) is 2. The number of carbonyl (C=O) groups excluding carboxylic acids is 1. The van der Waals surface area contributed by atoms with Crippen LogP contribution in [0.5, 0.6) is 0 Å². The molecule has 1 amide bonds. The van der Waals surface area contributed by atoms with Gasteiger partial charge in [-0.3, -0.25) is 4.79 Å². The van der Waals surface area contributed by atoms with Crippen molar-refractivity contribution in [2.75, 3.05) is 13.2 Å². The van der Waals surface area contributed by atoms with Gasteiger partial charge in [-0.1, -0.05) is 6.07 Å². The van der Waals surface area contributed by atoms with E-state index in [1.54, 1.807) is 16.2 Å². The van der Waals surface area contributed by atoms with E-state index >= 15 is 0 Å². The first-order valence-electron chi connectivity index (χ1n) is 5.19. The summed E-state index contributed by atoms with van der Waals surface area (Å²) in [6.07, 6.45) is 2.17. The molecule has 0 aliphatic carbocycles. The Kier molecular flexibility index (Phi) is 3.36. The average molecular weight is 227 g/mol. The summed E-state index contributed by atoms with van der Waals surface area (Å²) < 4.78 is 12.6. The maximum absolute atomic E-state index is 12.6. The van der Waals surface area contributed by atoms with Crippen LogP contribution in [0.3, 0.4) is 0 Å². The van der Waals surface area contributed by atoms with Crippen molar-refractivity contribution < 1.29 is 9.18 Å². The van der Waals surface area contributed by atoms with Crippen LogP contribution in [-0.4, -0.2) is 30.1 Å². The molecule has 1 aromatic heterocycles. The van der Waals surface area contributed by atoms with E-state index in [9.17, 15) is 9.18 Å². The standard InChI is InChI=1S/C11H14FNOS/c12-8-9-3-1-5-13(9)11(14)7-10-4-2-6-15-10/h2,4,6,9H,1,3,5,7-8H2/t9-/m1/s1. The van der Waals surface area contributed by atoms with E-state index in [0.29, 0.717) is 6.42 Å². The van der Waals surface area contributed by atoms with E-state index in [-0.39, 0.29) is 11.9 Å². The van der Waals surface area contributed by atoms with Gasteiger partial charge in [0.2, 0.25) is 5.91 Å². The molecule has 0 spiro atoms. The van der Waals surface area contributed by atoms with Gasteiger partial charge in [0.1, 0.15) is 6.67 Å². The lowest BCUT2D eigenvalue weighted by atomic mass is 10.2. The third kappa shape index (κ3) is 2.37. The van der Waals surface area contributed by atoms with Gasteiger partial charge in [0.25, 0.3) is 0 Å². The van der Waals surface area contributed by atoms with Crippen molar-refractivity contribution >= 4 is 17.2 Å². The Bertz CT molecular complexity index is 325. The molecule has 0 N–H and O–H groups in total. The van der Waals surface area contributed by atoms with Crippen LogP contribution in [0.1, 0.15) is 17.7 Å². The van der Waals surface area contributed by atoms with Crippen LogP contribution in [0.15, 0.2) is 17.5 Å². The summed E-state index contributed by atoms with van der Waals surface area (Å²) in [6, 6.07) is 3.71. The van der Waals surface area contributed by atoms with Crippen molar-refractivity contribution in [2.45, 2.75) is 25.3 Å². The number of halogens is 1. The maximum Gasteiger partial charge on any atom is 0.228 e. The summed E-state index contributed by atoms with van der Waals surface area (Å²) in [6.45, 7) is 0.314.